The van der Waals surface area contributed by atoms with Crippen LogP contribution >= 0.6 is 0 Å². The molecule has 3 rings (SSSR count). The molecular formula is C21H30O7. The summed E-state index contributed by atoms with van der Waals surface area (Å²) in [5, 5.41) is 0. The molecule has 2 aliphatic heterocycles. The van der Waals surface area contributed by atoms with E-state index in [1.807, 2.05) is 44.2 Å². The maximum Gasteiger partial charge on any atom is 0.338 e. The van der Waals surface area contributed by atoms with E-state index in [4.69, 9.17) is 28.4 Å². The lowest BCUT2D eigenvalue weighted by atomic mass is 10.0. The van der Waals surface area contributed by atoms with Crippen molar-refractivity contribution in [1.29, 1.82) is 0 Å². The second-order valence-corrected chi connectivity index (χ2v) is 7.90. The first kappa shape index (κ1) is 21.2. The summed E-state index contributed by atoms with van der Waals surface area (Å²) in [5.74, 6) is -2.14. The Kier molecular flexibility index (Phi) is 6.41. The van der Waals surface area contributed by atoms with Crippen LogP contribution in [0.15, 0.2) is 30.3 Å². The standard InChI is InChI=1S/C21H30O7/c1-6-23-19(22)18-17(27-21(4,5)28-18)16(15-13-25-20(2,3)26-15)24-12-14-10-8-7-9-11-14/h7-11,15-18H,6,12-13H2,1-5H3/t15-,16+,17-,18+/m0/s1. The second-order valence-electron chi connectivity index (χ2n) is 7.90. The number of ether oxygens (including phenoxy) is 6. The van der Waals surface area contributed by atoms with Gasteiger partial charge >= 0.3 is 5.97 Å². The Labute approximate surface area is 166 Å². The van der Waals surface area contributed by atoms with Crippen LogP contribution in [-0.2, 0) is 39.8 Å². The van der Waals surface area contributed by atoms with Gasteiger partial charge in [-0.1, -0.05) is 30.3 Å². The van der Waals surface area contributed by atoms with E-state index in [0.717, 1.165) is 5.56 Å². The molecule has 1 aromatic carbocycles. The van der Waals surface area contributed by atoms with Gasteiger partial charge in [0, 0.05) is 0 Å². The van der Waals surface area contributed by atoms with Crippen LogP contribution in [-0.4, -0.2) is 55.2 Å². The Hall–Kier alpha value is -1.51. The molecule has 0 spiro atoms. The van der Waals surface area contributed by atoms with Crippen molar-refractivity contribution in [1.82, 2.24) is 0 Å². The quantitative estimate of drug-likeness (QED) is 0.659. The van der Waals surface area contributed by atoms with Crippen molar-refractivity contribution in [2.75, 3.05) is 13.2 Å². The first-order valence-corrected chi connectivity index (χ1v) is 9.70. The number of hydrogen-bond donors (Lipinski definition) is 0. The lowest BCUT2D eigenvalue weighted by Crippen LogP contribution is -2.49. The van der Waals surface area contributed by atoms with Crippen molar-refractivity contribution in [3.05, 3.63) is 35.9 Å². The maximum atomic E-state index is 12.5. The van der Waals surface area contributed by atoms with Crippen LogP contribution < -0.4 is 0 Å². The fraction of sp³-hybridized carbons (Fsp3) is 0.667. The van der Waals surface area contributed by atoms with Crippen LogP contribution in [0.3, 0.4) is 0 Å². The van der Waals surface area contributed by atoms with E-state index in [-0.39, 0.29) is 6.61 Å². The van der Waals surface area contributed by atoms with Gasteiger partial charge in [-0.05, 0) is 40.2 Å². The highest BCUT2D eigenvalue weighted by atomic mass is 16.8. The zero-order valence-corrected chi connectivity index (χ0v) is 17.2. The minimum atomic E-state index is -0.939. The van der Waals surface area contributed by atoms with Crippen molar-refractivity contribution in [2.24, 2.45) is 0 Å². The number of carbonyl (C=O) groups is 1. The molecule has 7 heteroatoms. The van der Waals surface area contributed by atoms with E-state index in [1.54, 1.807) is 20.8 Å². The second kappa shape index (κ2) is 8.47. The van der Waals surface area contributed by atoms with Gasteiger partial charge in [-0.25, -0.2) is 4.79 Å². The van der Waals surface area contributed by atoms with Crippen LogP contribution in [0.4, 0.5) is 0 Å². The molecular weight excluding hydrogens is 364 g/mol. The Morgan fingerprint density at radius 2 is 1.82 bits per heavy atom. The van der Waals surface area contributed by atoms with Gasteiger partial charge < -0.3 is 28.4 Å². The van der Waals surface area contributed by atoms with E-state index in [9.17, 15) is 4.79 Å². The molecule has 0 unspecified atom stereocenters. The molecule has 156 valence electrons. The Balaban J connectivity index is 1.82. The topological polar surface area (TPSA) is 72.5 Å². The van der Waals surface area contributed by atoms with Gasteiger partial charge in [0.25, 0.3) is 0 Å². The SMILES string of the molecule is CCOC(=O)[C@@H]1OC(C)(C)O[C@H]1[C@H](OCc1ccccc1)[C@@H]1COC(C)(C)O1. The average molecular weight is 394 g/mol. The van der Waals surface area contributed by atoms with Crippen LogP contribution in [0.25, 0.3) is 0 Å². The van der Waals surface area contributed by atoms with Gasteiger partial charge in [0.05, 0.1) is 19.8 Å². The van der Waals surface area contributed by atoms with Crippen LogP contribution in [0.5, 0.6) is 0 Å². The number of benzene rings is 1. The molecule has 1 aromatic rings. The molecule has 2 heterocycles. The first-order valence-electron chi connectivity index (χ1n) is 9.70. The molecule has 2 aliphatic rings. The lowest BCUT2D eigenvalue weighted by molar-refractivity contribution is -0.190. The number of esters is 1. The third kappa shape index (κ3) is 5.10. The summed E-state index contributed by atoms with van der Waals surface area (Å²) >= 11 is 0. The normalized spacial score (nSPS) is 29.5. The van der Waals surface area contributed by atoms with E-state index in [0.29, 0.717) is 13.2 Å². The van der Waals surface area contributed by atoms with Crippen LogP contribution in [0.1, 0.15) is 40.2 Å². The molecule has 0 bridgehead atoms. The summed E-state index contributed by atoms with van der Waals surface area (Å²) in [7, 11) is 0. The zero-order valence-electron chi connectivity index (χ0n) is 17.2. The third-order valence-electron chi connectivity index (χ3n) is 4.65. The van der Waals surface area contributed by atoms with Crippen molar-refractivity contribution >= 4 is 5.97 Å². The van der Waals surface area contributed by atoms with Crippen molar-refractivity contribution in [3.63, 3.8) is 0 Å². The van der Waals surface area contributed by atoms with Crippen molar-refractivity contribution < 1.29 is 33.2 Å². The highest BCUT2D eigenvalue weighted by molar-refractivity contribution is 5.76. The van der Waals surface area contributed by atoms with Gasteiger partial charge in [0.1, 0.15) is 18.3 Å². The molecule has 0 saturated carbocycles. The van der Waals surface area contributed by atoms with Crippen LogP contribution in [0, 0.1) is 0 Å². The summed E-state index contributed by atoms with van der Waals surface area (Å²) in [6.07, 6.45) is -2.56. The van der Waals surface area contributed by atoms with Gasteiger partial charge in [-0.2, -0.15) is 0 Å². The Morgan fingerprint density at radius 3 is 2.43 bits per heavy atom. The molecule has 0 radical (unpaired) electrons. The Bertz CT molecular complexity index is 658. The lowest BCUT2D eigenvalue weighted by Gasteiger charge is -2.30. The Morgan fingerprint density at radius 1 is 1.11 bits per heavy atom. The predicted octanol–water partition coefficient (Wildman–Crippen LogP) is 2.81. The van der Waals surface area contributed by atoms with Gasteiger partial charge in [-0.15, -0.1) is 0 Å². The zero-order chi connectivity index (χ0) is 20.4. The van der Waals surface area contributed by atoms with E-state index >= 15 is 0 Å². The summed E-state index contributed by atoms with van der Waals surface area (Å²) in [5.41, 5.74) is 1.01. The van der Waals surface area contributed by atoms with Gasteiger partial charge in [0.2, 0.25) is 0 Å². The smallest absolute Gasteiger partial charge is 0.338 e. The fourth-order valence-corrected chi connectivity index (χ4v) is 3.49. The minimum Gasteiger partial charge on any atom is -0.464 e. The predicted molar refractivity (Wildman–Crippen MR) is 100 cm³/mol. The fourth-order valence-electron chi connectivity index (χ4n) is 3.49. The summed E-state index contributed by atoms with van der Waals surface area (Å²) in [6.45, 7) is 9.93. The molecule has 0 aromatic heterocycles. The molecule has 4 atom stereocenters. The van der Waals surface area contributed by atoms with E-state index in [1.165, 1.54) is 0 Å². The number of hydrogen-bond acceptors (Lipinski definition) is 7. The highest BCUT2D eigenvalue weighted by Gasteiger charge is 2.54. The molecule has 2 fully saturated rings. The molecule has 0 N–H and O–H groups in total. The third-order valence-corrected chi connectivity index (χ3v) is 4.65. The summed E-state index contributed by atoms with van der Waals surface area (Å²) < 4.78 is 35.1. The van der Waals surface area contributed by atoms with Gasteiger partial charge in [-0.3, -0.25) is 0 Å². The molecule has 2 saturated heterocycles. The maximum absolute atomic E-state index is 12.5. The van der Waals surface area contributed by atoms with Crippen LogP contribution in [0.2, 0.25) is 0 Å². The summed E-state index contributed by atoms with van der Waals surface area (Å²) in [6, 6.07) is 9.81. The van der Waals surface area contributed by atoms with Crippen molar-refractivity contribution in [3.8, 4) is 0 Å². The largest absolute Gasteiger partial charge is 0.464 e. The average Bonchev–Trinajstić information content (AvgIpc) is 3.15. The molecule has 7 nitrogen and oxygen atoms in total. The molecule has 0 aliphatic carbocycles. The molecule has 28 heavy (non-hydrogen) atoms. The molecule has 0 amide bonds. The summed E-state index contributed by atoms with van der Waals surface area (Å²) in [4.78, 5) is 12.5. The van der Waals surface area contributed by atoms with Gasteiger partial charge in [0.15, 0.2) is 17.7 Å². The van der Waals surface area contributed by atoms with Crippen molar-refractivity contribution in [2.45, 2.75) is 77.2 Å². The van der Waals surface area contributed by atoms with E-state index < -0.39 is 42.0 Å². The highest BCUT2D eigenvalue weighted by Crippen LogP contribution is 2.36. The number of rotatable bonds is 7. The number of carbonyl (C=O) groups excluding carboxylic acids is 1. The first-order chi connectivity index (χ1) is 13.2. The van der Waals surface area contributed by atoms with E-state index in [2.05, 4.69) is 0 Å². The minimum absolute atomic E-state index is 0.261. The monoisotopic (exact) mass is 394 g/mol.